The number of carbonyl (C=O) groups excluding carboxylic acids is 2. The maximum Gasteiger partial charge on any atom is 0.267 e. The molecule has 0 radical (unpaired) electrons. The van der Waals surface area contributed by atoms with Gasteiger partial charge in [0, 0.05) is 23.6 Å². The molecule has 1 aliphatic heterocycles. The van der Waals surface area contributed by atoms with E-state index in [0.29, 0.717) is 12.1 Å². The molecule has 0 aliphatic carbocycles. The van der Waals surface area contributed by atoms with Gasteiger partial charge in [0.15, 0.2) is 0 Å². The standard InChI is InChI=1S/C19H20N2O3S/c22-18(14-6-2-1-3-7-14)21-17(12-16-9-5-11-25-16)19(23)20-13-15-8-4-10-24-15/h1-3,5-7,9,11-12,15H,4,8,10,13H2,(H,20,23)(H,21,22)/b17-12+/t15-/m1/s1. The van der Waals surface area contributed by atoms with Crippen LogP contribution in [-0.4, -0.2) is 31.1 Å². The van der Waals surface area contributed by atoms with Crippen molar-refractivity contribution in [1.82, 2.24) is 10.6 Å². The van der Waals surface area contributed by atoms with Crippen LogP contribution in [0.4, 0.5) is 0 Å². The van der Waals surface area contributed by atoms with Crippen molar-refractivity contribution in [2.45, 2.75) is 18.9 Å². The Bertz CT molecular complexity index is 735. The molecule has 2 heterocycles. The number of nitrogens with one attached hydrogen (secondary N) is 2. The van der Waals surface area contributed by atoms with Crippen LogP contribution in [0, 0.1) is 0 Å². The molecule has 1 aromatic carbocycles. The van der Waals surface area contributed by atoms with Gasteiger partial charge in [-0.2, -0.15) is 0 Å². The molecule has 5 nitrogen and oxygen atoms in total. The molecule has 130 valence electrons. The summed E-state index contributed by atoms with van der Waals surface area (Å²) in [6.07, 6.45) is 3.71. The topological polar surface area (TPSA) is 67.4 Å². The molecule has 25 heavy (non-hydrogen) atoms. The highest BCUT2D eigenvalue weighted by Gasteiger charge is 2.19. The van der Waals surface area contributed by atoms with Gasteiger partial charge in [-0.25, -0.2) is 0 Å². The van der Waals surface area contributed by atoms with E-state index >= 15 is 0 Å². The van der Waals surface area contributed by atoms with E-state index in [1.807, 2.05) is 23.6 Å². The summed E-state index contributed by atoms with van der Waals surface area (Å²) in [5, 5.41) is 7.50. The predicted octanol–water partition coefficient (Wildman–Crippen LogP) is 2.81. The summed E-state index contributed by atoms with van der Waals surface area (Å²) >= 11 is 1.50. The van der Waals surface area contributed by atoms with Crippen LogP contribution in [0.5, 0.6) is 0 Å². The first-order valence-corrected chi connectivity index (χ1v) is 9.12. The molecule has 1 aliphatic rings. The SMILES string of the molecule is O=C(NC[C@H]1CCCO1)/C(=C\c1cccs1)NC(=O)c1ccccc1. The summed E-state index contributed by atoms with van der Waals surface area (Å²) in [6, 6.07) is 12.6. The molecule has 0 saturated carbocycles. The van der Waals surface area contributed by atoms with Gasteiger partial charge in [0.1, 0.15) is 5.70 Å². The third-order valence-corrected chi connectivity index (χ3v) is 4.69. The lowest BCUT2D eigenvalue weighted by Gasteiger charge is -2.13. The Balaban J connectivity index is 1.70. The van der Waals surface area contributed by atoms with Crippen LogP contribution in [0.25, 0.3) is 6.08 Å². The van der Waals surface area contributed by atoms with Crippen molar-refractivity contribution in [2.75, 3.05) is 13.2 Å². The van der Waals surface area contributed by atoms with Gasteiger partial charge in [-0.1, -0.05) is 24.3 Å². The van der Waals surface area contributed by atoms with Crippen LogP contribution in [0.1, 0.15) is 28.1 Å². The predicted molar refractivity (Wildman–Crippen MR) is 98.2 cm³/mol. The highest BCUT2D eigenvalue weighted by atomic mass is 32.1. The fourth-order valence-electron chi connectivity index (χ4n) is 2.57. The van der Waals surface area contributed by atoms with Crippen molar-refractivity contribution in [2.24, 2.45) is 0 Å². The van der Waals surface area contributed by atoms with Crippen LogP contribution < -0.4 is 10.6 Å². The van der Waals surface area contributed by atoms with E-state index < -0.39 is 0 Å². The van der Waals surface area contributed by atoms with Crippen molar-refractivity contribution < 1.29 is 14.3 Å². The van der Waals surface area contributed by atoms with Gasteiger partial charge in [0.05, 0.1) is 6.10 Å². The molecule has 3 rings (SSSR count). The monoisotopic (exact) mass is 356 g/mol. The average Bonchev–Trinajstić information content (AvgIpc) is 3.33. The Hall–Kier alpha value is -2.44. The molecule has 1 aromatic heterocycles. The minimum atomic E-state index is -0.312. The van der Waals surface area contributed by atoms with Gasteiger partial charge in [-0.15, -0.1) is 11.3 Å². The maximum absolute atomic E-state index is 12.5. The lowest BCUT2D eigenvalue weighted by atomic mass is 10.2. The molecule has 1 atom stereocenters. The van der Waals surface area contributed by atoms with Crippen LogP contribution >= 0.6 is 11.3 Å². The Kier molecular flexibility index (Phi) is 5.98. The molecule has 2 N–H and O–H groups in total. The summed E-state index contributed by atoms with van der Waals surface area (Å²) in [6.45, 7) is 1.19. The average molecular weight is 356 g/mol. The molecular weight excluding hydrogens is 336 g/mol. The quantitative estimate of drug-likeness (QED) is 0.782. The minimum absolute atomic E-state index is 0.0526. The van der Waals surface area contributed by atoms with Crippen molar-refractivity contribution in [1.29, 1.82) is 0 Å². The number of hydrogen-bond donors (Lipinski definition) is 2. The molecule has 2 aromatic rings. The Morgan fingerprint density at radius 2 is 2.04 bits per heavy atom. The zero-order valence-electron chi connectivity index (χ0n) is 13.7. The second-order valence-electron chi connectivity index (χ2n) is 5.74. The first-order chi connectivity index (χ1) is 12.2. The third kappa shape index (κ3) is 5.01. The number of ether oxygens (including phenoxy) is 1. The summed E-state index contributed by atoms with van der Waals surface area (Å²) in [4.78, 5) is 25.8. The van der Waals surface area contributed by atoms with E-state index in [1.54, 1.807) is 30.3 Å². The largest absolute Gasteiger partial charge is 0.376 e. The van der Waals surface area contributed by atoms with Crippen molar-refractivity contribution >= 4 is 29.2 Å². The number of thiophene rings is 1. The normalized spacial score (nSPS) is 17.3. The van der Waals surface area contributed by atoms with Gasteiger partial charge in [-0.3, -0.25) is 9.59 Å². The summed E-state index contributed by atoms with van der Waals surface area (Å²) < 4.78 is 5.52. The number of benzene rings is 1. The molecule has 0 bridgehead atoms. The van der Waals surface area contributed by atoms with Gasteiger partial charge < -0.3 is 15.4 Å². The highest BCUT2D eigenvalue weighted by molar-refractivity contribution is 7.10. The molecule has 0 unspecified atom stereocenters. The second kappa shape index (κ2) is 8.60. The Labute approximate surface area is 150 Å². The smallest absolute Gasteiger partial charge is 0.267 e. The van der Waals surface area contributed by atoms with Gasteiger partial charge in [-0.05, 0) is 42.5 Å². The Morgan fingerprint density at radius 3 is 2.72 bits per heavy atom. The summed E-state index contributed by atoms with van der Waals surface area (Å²) in [7, 11) is 0. The van der Waals surface area contributed by atoms with E-state index in [0.717, 1.165) is 24.3 Å². The fourth-order valence-corrected chi connectivity index (χ4v) is 3.22. The lowest BCUT2D eigenvalue weighted by molar-refractivity contribution is -0.118. The number of carbonyl (C=O) groups is 2. The number of hydrogen-bond acceptors (Lipinski definition) is 4. The second-order valence-corrected chi connectivity index (χ2v) is 6.72. The number of amides is 2. The molecule has 6 heteroatoms. The minimum Gasteiger partial charge on any atom is -0.376 e. The van der Waals surface area contributed by atoms with E-state index in [9.17, 15) is 9.59 Å². The van der Waals surface area contributed by atoms with Gasteiger partial charge in [0.2, 0.25) is 0 Å². The van der Waals surface area contributed by atoms with E-state index in [2.05, 4.69) is 10.6 Å². The molecule has 1 saturated heterocycles. The van der Waals surface area contributed by atoms with Crippen molar-refractivity contribution in [3.63, 3.8) is 0 Å². The molecule has 2 amide bonds. The zero-order chi connectivity index (χ0) is 17.5. The van der Waals surface area contributed by atoms with Crippen molar-refractivity contribution in [3.05, 3.63) is 64.0 Å². The third-order valence-electron chi connectivity index (χ3n) is 3.87. The maximum atomic E-state index is 12.5. The molecular formula is C19H20N2O3S. The van der Waals surface area contributed by atoms with Crippen LogP contribution in [0.2, 0.25) is 0 Å². The summed E-state index contributed by atoms with van der Waals surface area (Å²) in [5.41, 5.74) is 0.737. The number of rotatable bonds is 6. The van der Waals surface area contributed by atoms with Crippen LogP contribution in [0.3, 0.4) is 0 Å². The van der Waals surface area contributed by atoms with E-state index in [1.165, 1.54) is 11.3 Å². The zero-order valence-corrected chi connectivity index (χ0v) is 14.6. The fraction of sp³-hybridized carbons (Fsp3) is 0.263. The molecule has 0 spiro atoms. The van der Waals surface area contributed by atoms with Gasteiger partial charge in [0.25, 0.3) is 11.8 Å². The van der Waals surface area contributed by atoms with E-state index in [-0.39, 0.29) is 23.6 Å². The Morgan fingerprint density at radius 1 is 1.20 bits per heavy atom. The van der Waals surface area contributed by atoms with Crippen molar-refractivity contribution in [3.8, 4) is 0 Å². The van der Waals surface area contributed by atoms with Crippen LogP contribution in [0.15, 0.2) is 53.5 Å². The lowest BCUT2D eigenvalue weighted by Crippen LogP contribution is -2.38. The highest BCUT2D eigenvalue weighted by Crippen LogP contribution is 2.14. The first-order valence-electron chi connectivity index (χ1n) is 8.24. The first kappa shape index (κ1) is 17.4. The molecule has 1 fully saturated rings. The summed E-state index contributed by atoms with van der Waals surface area (Å²) in [5.74, 6) is -0.621. The van der Waals surface area contributed by atoms with Gasteiger partial charge >= 0.3 is 0 Å². The van der Waals surface area contributed by atoms with Crippen LogP contribution in [-0.2, 0) is 9.53 Å². The van der Waals surface area contributed by atoms with E-state index in [4.69, 9.17) is 4.74 Å².